The van der Waals surface area contributed by atoms with Gasteiger partial charge in [-0.05, 0) is 24.3 Å². The van der Waals surface area contributed by atoms with Crippen molar-refractivity contribution in [1.29, 1.82) is 0 Å². The second-order valence-corrected chi connectivity index (χ2v) is 4.05. The van der Waals surface area contributed by atoms with E-state index in [1.807, 2.05) is 0 Å². The SMILES string of the molecule is NNc1ccncc1C(=O)Nc1ccc(F)cc1Cl. The molecule has 5 nitrogen and oxygen atoms in total. The number of hydrazine groups is 1. The summed E-state index contributed by atoms with van der Waals surface area (Å²) in [5.41, 5.74) is 3.37. The van der Waals surface area contributed by atoms with Gasteiger partial charge in [0.25, 0.3) is 5.91 Å². The molecular formula is C12H10ClFN4O. The van der Waals surface area contributed by atoms with Crippen LogP contribution in [0.3, 0.4) is 0 Å². The fourth-order valence-electron chi connectivity index (χ4n) is 1.48. The number of amides is 1. The molecule has 1 aromatic carbocycles. The maximum atomic E-state index is 12.9. The van der Waals surface area contributed by atoms with Gasteiger partial charge in [-0.2, -0.15) is 0 Å². The number of halogens is 2. The van der Waals surface area contributed by atoms with Gasteiger partial charge in [0.2, 0.25) is 0 Å². The summed E-state index contributed by atoms with van der Waals surface area (Å²) >= 11 is 5.82. The first-order valence-electron chi connectivity index (χ1n) is 5.29. The number of hydrogen-bond donors (Lipinski definition) is 3. The molecule has 0 atom stereocenters. The Bertz CT molecular complexity index is 620. The lowest BCUT2D eigenvalue weighted by Crippen LogP contribution is -2.17. The Hall–Kier alpha value is -2.18. The van der Waals surface area contributed by atoms with Crippen molar-refractivity contribution in [3.63, 3.8) is 0 Å². The van der Waals surface area contributed by atoms with Gasteiger partial charge in [-0.15, -0.1) is 0 Å². The zero-order chi connectivity index (χ0) is 13.8. The second kappa shape index (κ2) is 5.64. The average Bonchev–Trinajstić information content (AvgIpc) is 2.41. The summed E-state index contributed by atoms with van der Waals surface area (Å²) < 4.78 is 12.9. The molecule has 0 aliphatic rings. The highest BCUT2D eigenvalue weighted by Gasteiger charge is 2.13. The van der Waals surface area contributed by atoms with Gasteiger partial charge < -0.3 is 10.7 Å². The number of benzene rings is 1. The lowest BCUT2D eigenvalue weighted by Gasteiger charge is -2.10. The number of nitrogens with zero attached hydrogens (tertiary/aromatic N) is 1. The highest BCUT2D eigenvalue weighted by molar-refractivity contribution is 6.34. The Labute approximate surface area is 113 Å². The highest BCUT2D eigenvalue weighted by atomic mass is 35.5. The summed E-state index contributed by atoms with van der Waals surface area (Å²) in [6.07, 6.45) is 2.86. The van der Waals surface area contributed by atoms with Crippen molar-refractivity contribution in [1.82, 2.24) is 4.98 Å². The molecule has 0 saturated carbocycles. The largest absolute Gasteiger partial charge is 0.323 e. The third kappa shape index (κ3) is 2.98. The number of nitrogen functional groups attached to an aromatic ring is 1. The molecule has 19 heavy (non-hydrogen) atoms. The minimum Gasteiger partial charge on any atom is -0.323 e. The summed E-state index contributed by atoms with van der Waals surface area (Å²) in [7, 11) is 0. The number of pyridine rings is 1. The Balaban J connectivity index is 2.26. The number of anilines is 2. The zero-order valence-corrected chi connectivity index (χ0v) is 10.4. The van der Waals surface area contributed by atoms with E-state index in [-0.39, 0.29) is 10.6 Å². The van der Waals surface area contributed by atoms with Gasteiger partial charge >= 0.3 is 0 Å². The lowest BCUT2D eigenvalue weighted by molar-refractivity contribution is 0.102. The third-order valence-corrected chi connectivity index (χ3v) is 2.71. The van der Waals surface area contributed by atoms with E-state index in [0.29, 0.717) is 11.4 Å². The summed E-state index contributed by atoms with van der Waals surface area (Å²) in [5.74, 6) is 4.37. The number of nitrogens with two attached hydrogens (primary N) is 1. The van der Waals surface area contributed by atoms with Crippen LogP contribution in [0.4, 0.5) is 15.8 Å². The Morgan fingerprint density at radius 3 is 2.79 bits per heavy atom. The first-order chi connectivity index (χ1) is 9.11. The van der Waals surface area contributed by atoms with Crippen LogP contribution in [0.1, 0.15) is 10.4 Å². The first-order valence-corrected chi connectivity index (χ1v) is 5.66. The molecule has 0 aliphatic carbocycles. The van der Waals surface area contributed by atoms with Gasteiger partial charge in [-0.1, -0.05) is 11.6 Å². The van der Waals surface area contributed by atoms with E-state index in [4.69, 9.17) is 17.4 Å². The maximum absolute atomic E-state index is 12.9. The molecule has 2 aromatic rings. The summed E-state index contributed by atoms with van der Waals surface area (Å²) in [4.78, 5) is 15.9. The molecule has 2 rings (SSSR count). The number of hydrogen-bond acceptors (Lipinski definition) is 4. The van der Waals surface area contributed by atoms with Gasteiger partial charge in [0.15, 0.2) is 0 Å². The van der Waals surface area contributed by atoms with Crippen molar-refractivity contribution in [2.45, 2.75) is 0 Å². The number of carbonyl (C=O) groups excluding carboxylic acids is 1. The Morgan fingerprint density at radius 2 is 2.11 bits per heavy atom. The van der Waals surface area contributed by atoms with Gasteiger partial charge in [0.1, 0.15) is 5.82 Å². The molecule has 0 unspecified atom stereocenters. The lowest BCUT2D eigenvalue weighted by atomic mass is 10.2. The average molecular weight is 281 g/mol. The normalized spacial score (nSPS) is 10.1. The van der Waals surface area contributed by atoms with Crippen molar-refractivity contribution in [2.24, 2.45) is 5.84 Å². The zero-order valence-electron chi connectivity index (χ0n) is 9.65. The van der Waals surface area contributed by atoms with Crippen LogP contribution in [0.25, 0.3) is 0 Å². The molecule has 1 aromatic heterocycles. The topological polar surface area (TPSA) is 80.0 Å². The third-order valence-electron chi connectivity index (χ3n) is 2.40. The Morgan fingerprint density at radius 1 is 1.32 bits per heavy atom. The Kier molecular flexibility index (Phi) is 3.94. The fraction of sp³-hybridized carbons (Fsp3) is 0. The number of rotatable bonds is 3. The molecule has 0 fully saturated rings. The molecule has 1 amide bonds. The summed E-state index contributed by atoms with van der Waals surface area (Å²) in [6, 6.07) is 5.25. The smallest absolute Gasteiger partial charge is 0.259 e. The standard InChI is InChI=1S/C12H10ClFN4O/c13-9-5-7(14)1-2-11(9)17-12(19)8-6-16-4-3-10(8)18-15/h1-6H,15H2,(H,16,18)(H,17,19). The first kappa shape index (κ1) is 13.3. The van der Waals surface area contributed by atoms with Gasteiger partial charge in [0, 0.05) is 12.4 Å². The molecule has 4 N–H and O–H groups in total. The van der Waals surface area contributed by atoms with Crippen LogP contribution in [0.2, 0.25) is 5.02 Å². The van der Waals surface area contributed by atoms with E-state index in [1.54, 1.807) is 6.07 Å². The van der Waals surface area contributed by atoms with E-state index in [2.05, 4.69) is 15.7 Å². The molecule has 0 spiro atoms. The van der Waals surface area contributed by atoms with E-state index in [0.717, 1.165) is 6.07 Å². The molecule has 0 bridgehead atoms. The van der Waals surface area contributed by atoms with Gasteiger partial charge in [-0.25, -0.2) is 4.39 Å². The molecule has 7 heteroatoms. The van der Waals surface area contributed by atoms with Crippen molar-refractivity contribution < 1.29 is 9.18 Å². The van der Waals surface area contributed by atoms with Crippen LogP contribution in [-0.4, -0.2) is 10.9 Å². The van der Waals surface area contributed by atoms with Crippen molar-refractivity contribution >= 4 is 28.9 Å². The van der Waals surface area contributed by atoms with E-state index in [1.165, 1.54) is 24.5 Å². The van der Waals surface area contributed by atoms with Crippen molar-refractivity contribution in [3.8, 4) is 0 Å². The van der Waals surface area contributed by atoms with Crippen LogP contribution < -0.4 is 16.6 Å². The number of aromatic nitrogens is 1. The maximum Gasteiger partial charge on any atom is 0.259 e. The van der Waals surface area contributed by atoms with Crippen LogP contribution in [0.5, 0.6) is 0 Å². The predicted molar refractivity (Wildman–Crippen MR) is 71.4 cm³/mol. The van der Waals surface area contributed by atoms with E-state index in [9.17, 15) is 9.18 Å². The van der Waals surface area contributed by atoms with E-state index < -0.39 is 11.7 Å². The summed E-state index contributed by atoms with van der Waals surface area (Å²) in [5, 5.41) is 2.67. The van der Waals surface area contributed by atoms with Crippen molar-refractivity contribution in [3.05, 3.63) is 53.1 Å². The molecule has 0 saturated heterocycles. The second-order valence-electron chi connectivity index (χ2n) is 3.64. The molecule has 98 valence electrons. The highest BCUT2D eigenvalue weighted by Crippen LogP contribution is 2.23. The van der Waals surface area contributed by atoms with Gasteiger partial charge in [0.05, 0.1) is 22.0 Å². The quantitative estimate of drug-likeness (QED) is 0.596. The van der Waals surface area contributed by atoms with Crippen molar-refractivity contribution in [2.75, 3.05) is 10.7 Å². The molecule has 0 radical (unpaired) electrons. The molecule has 0 aliphatic heterocycles. The minimum atomic E-state index is -0.478. The number of carbonyl (C=O) groups is 1. The summed E-state index contributed by atoms with van der Waals surface area (Å²) in [6.45, 7) is 0. The van der Waals surface area contributed by atoms with Crippen LogP contribution in [0.15, 0.2) is 36.7 Å². The number of nitrogens with one attached hydrogen (secondary N) is 2. The fourth-order valence-corrected chi connectivity index (χ4v) is 1.70. The predicted octanol–water partition coefficient (Wildman–Crippen LogP) is 2.41. The molecule has 1 heterocycles. The van der Waals surface area contributed by atoms with Crippen LogP contribution in [-0.2, 0) is 0 Å². The minimum absolute atomic E-state index is 0.111. The monoisotopic (exact) mass is 280 g/mol. The van der Waals surface area contributed by atoms with Crippen LogP contribution >= 0.6 is 11.6 Å². The van der Waals surface area contributed by atoms with Crippen LogP contribution in [0, 0.1) is 5.82 Å². The van der Waals surface area contributed by atoms with E-state index >= 15 is 0 Å². The van der Waals surface area contributed by atoms with Gasteiger partial charge in [-0.3, -0.25) is 15.6 Å². The molecular weight excluding hydrogens is 271 g/mol.